The zero-order valence-electron chi connectivity index (χ0n) is 30.0. The van der Waals surface area contributed by atoms with Crippen LogP contribution in [0.2, 0.25) is 13.1 Å². The molecule has 7 aromatic carbocycles. The van der Waals surface area contributed by atoms with Crippen LogP contribution in [0, 0.1) is 0 Å². The third kappa shape index (κ3) is 4.97. The molecule has 3 aliphatic heterocycles. The lowest BCUT2D eigenvalue weighted by Gasteiger charge is -2.39. The van der Waals surface area contributed by atoms with Gasteiger partial charge in [-0.15, -0.1) is 0 Å². The standard InChI is InChI=1S/C47H37NO3SSi/c1-47(2)33-15-5-9-23-41(33)52-46-34(47)16-12-18-36(46)48(35-17-13-25-43-45(35)51-39-21-8-10-24-42(39)53(43,3)4)31-28-26-30(27-29-31)32-14-11-22-40-44(32)50-38-20-7-6-19-37(38)49-40/h5-29H,1-4H3. The van der Waals surface area contributed by atoms with Crippen LogP contribution in [-0.4, -0.2) is 8.07 Å². The van der Waals surface area contributed by atoms with Crippen LogP contribution in [0.15, 0.2) is 161 Å². The molecule has 0 N–H and O–H groups in total. The molecule has 0 saturated carbocycles. The fourth-order valence-corrected chi connectivity index (χ4v) is 12.5. The van der Waals surface area contributed by atoms with E-state index in [0.29, 0.717) is 11.5 Å². The largest absolute Gasteiger partial charge is 0.455 e. The van der Waals surface area contributed by atoms with Gasteiger partial charge in [0.15, 0.2) is 28.7 Å². The first-order chi connectivity index (χ1) is 25.8. The molecule has 0 saturated heterocycles. The second-order valence-corrected chi connectivity index (χ2v) is 20.3. The minimum Gasteiger partial charge on any atom is -0.455 e. The molecule has 7 aromatic rings. The summed E-state index contributed by atoms with van der Waals surface area (Å²) in [6, 6.07) is 53.6. The zero-order valence-corrected chi connectivity index (χ0v) is 31.8. The highest BCUT2D eigenvalue weighted by Crippen LogP contribution is 2.55. The van der Waals surface area contributed by atoms with E-state index >= 15 is 0 Å². The van der Waals surface area contributed by atoms with Crippen molar-refractivity contribution in [1.29, 1.82) is 0 Å². The maximum atomic E-state index is 6.95. The van der Waals surface area contributed by atoms with E-state index in [0.717, 1.165) is 51.2 Å². The van der Waals surface area contributed by atoms with Gasteiger partial charge in [-0.3, -0.25) is 0 Å². The lowest BCUT2D eigenvalue weighted by molar-refractivity contribution is 0.361. The summed E-state index contributed by atoms with van der Waals surface area (Å²) in [7, 11) is -2.08. The van der Waals surface area contributed by atoms with E-state index in [1.165, 1.54) is 31.3 Å². The third-order valence-corrected chi connectivity index (χ3v) is 15.8. The highest BCUT2D eigenvalue weighted by atomic mass is 32.2. The van der Waals surface area contributed by atoms with Crippen LogP contribution in [0.5, 0.6) is 34.5 Å². The molecule has 0 spiro atoms. The number of hydrogen-bond acceptors (Lipinski definition) is 5. The van der Waals surface area contributed by atoms with Crippen LogP contribution in [0.3, 0.4) is 0 Å². The Kier molecular flexibility index (Phi) is 7.19. The summed E-state index contributed by atoms with van der Waals surface area (Å²) in [5.41, 5.74) is 7.73. The van der Waals surface area contributed by atoms with E-state index in [4.69, 9.17) is 14.2 Å². The summed E-state index contributed by atoms with van der Waals surface area (Å²) in [5, 5.41) is 2.62. The van der Waals surface area contributed by atoms with Gasteiger partial charge in [0.25, 0.3) is 0 Å². The molecule has 6 heteroatoms. The van der Waals surface area contributed by atoms with Crippen molar-refractivity contribution < 1.29 is 14.2 Å². The van der Waals surface area contributed by atoms with Crippen molar-refractivity contribution in [2.45, 2.75) is 42.1 Å². The first-order valence-electron chi connectivity index (χ1n) is 18.1. The molecule has 258 valence electrons. The molecule has 0 atom stereocenters. The van der Waals surface area contributed by atoms with E-state index < -0.39 is 8.07 Å². The molecule has 0 unspecified atom stereocenters. The van der Waals surface area contributed by atoms with E-state index in [-0.39, 0.29) is 5.41 Å². The molecule has 0 amide bonds. The lowest BCUT2D eigenvalue weighted by Crippen LogP contribution is -2.56. The Hall–Kier alpha value is -5.69. The number of para-hydroxylation sites is 5. The highest BCUT2D eigenvalue weighted by molar-refractivity contribution is 7.99. The Morgan fingerprint density at radius 1 is 0.509 bits per heavy atom. The monoisotopic (exact) mass is 723 g/mol. The quantitative estimate of drug-likeness (QED) is 0.169. The number of hydrogen-bond donors (Lipinski definition) is 0. The Morgan fingerprint density at radius 2 is 1.11 bits per heavy atom. The predicted octanol–water partition coefficient (Wildman–Crippen LogP) is 12.4. The van der Waals surface area contributed by atoms with Gasteiger partial charge in [0, 0.05) is 26.5 Å². The van der Waals surface area contributed by atoms with Gasteiger partial charge < -0.3 is 19.1 Å². The fraction of sp³-hybridized carbons (Fsp3) is 0.106. The van der Waals surface area contributed by atoms with Gasteiger partial charge in [-0.05, 0) is 81.7 Å². The number of nitrogens with zero attached hydrogens (tertiary/aromatic N) is 1. The third-order valence-electron chi connectivity index (χ3n) is 11.1. The second kappa shape index (κ2) is 11.9. The van der Waals surface area contributed by atoms with Crippen LogP contribution in [-0.2, 0) is 5.41 Å². The maximum absolute atomic E-state index is 6.95. The summed E-state index contributed by atoms with van der Waals surface area (Å²) in [6.45, 7) is 9.55. The predicted molar refractivity (Wildman–Crippen MR) is 219 cm³/mol. The average Bonchev–Trinajstić information content (AvgIpc) is 3.18. The zero-order chi connectivity index (χ0) is 35.9. The molecule has 0 fully saturated rings. The number of anilines is 3. The number of ether oxygens (including phenoxy) is 3. The summed E-state index contributed by atoms with van der Waals surface area (Å²) in [5.74, 6) is 4.76. The number of fused-ring (bicyclic) bond motifs is 6. The number of rotatable bonds is 4. The van der Waals surface area contributed by atoms with Crippen molar-refractivity contribution in [2.24, 2.45) is 0 Å². The molecular formula is C47H37NO3SSi. The van der Waals surface area contributed by atoms with Gasteiger partial charge in [-0.1, -0.05) is 136 Å². The van der Waals surface area contributed by atoms with Gasteiger partial charge in [-0.2, -0.15) is 0 Å². The molecule has 53 heavy (non-hydrogen) atoms. The van der Waals surface area contributed by atoms with Crippen molar-refractivity contribution in [2.75, 3.05) is 4.90 Å². The fourth-order valence-electron chi connectivity index (χ4n) is 8.23. The normalized spacial score (nSPS) is 15.1. The van der Waals surface area contributed by atoms with Gasteiger partial charge in [0.05, 0.1) is 11.4 Å². The molecule has 3 aliphatic rings. The summed E-state index contributed by atoms with van der Waals surface area (Å²) < 4.78 is 19.7. The van der Waals surface area contributed by atoms with Gasteiger partial charge >= 0.3 is 0 Å². The molecule has 0 bridgehead atoms. The topological polar surface area (TPSA) is 30.9 Å². The Balaban J connectivity index is 1.15. The van der Waals surface area contributed by atoms with Crippen molar-refractivity contribution in [3.05, 3.63) is 163 Å². The van der Waals surface area contributed by atoms with E-state index in [1.54, 1.807) is 0 Å². The second-order valence-electron chi connectivity index (χ2n) is 14.9. The van der Waals surface area contributed by atoms with Crippen molar-refractivity contribution in [1.82, 2.24) is 0 Å². The molecule has 0 aliphatic carbocycles. The molecule has 10 rings (SSSR count). The van der Waals surface area contributed by atoms with Crippen LogP contribution < -0.4 is 29.5 Å². The first kappa shape index (κ1) is 32.0. The van der Waals surface area contributed by atoms with Crippen LogP contribution >= 0.6 is 11.8 Å². The van der Waals surface area contributed by atoms with Crippen LogP contribution in [0.4, 0.5) is 17.1 Å². The highest BCUT2D eigenvalue weighted by Gasteiger charge is 2.40. The molecule has 3 heterocycles. The van der Waals surface area contributed by atoms with Crippen molar-refractivity contribution >= 4 is 47.3 Å². The smallest absolute Gasteiger partial charge is 0.177 e. The lowest BCUT2D eigenvalue weighted by atomic mass is 9.77. The average molecular weight is 724 g/mol. The Morgan fingerprint density at radius 3 is 1.94 bits per heavy atom. The Bertz CT molecular complexity index is 2490. The van der Waals surface area contributed by atoms with Gasteiger partial charge in [0.2, 0.25) is 0 Å². The summed E-state index contributed by atoms with van der Waals surface area (Å²) >= 11 is 1.86. The summed E-state index contributed by atoms with van der Waals surface area (Å²) in [4.78, 5) is 4.96. The molecule has 4 nitrogen and oxygen atoms in total. The SMILES string of the molecule is CC1(C)c2ccccc2Sc2c(N(c3ccc(-c4cccc5c4Oc4ccccc4O5)cc3)c3cccc4c3Oc3ccccc3[Si]4(C)C)cccc21. The van der Waals surface area contributed by atoms with E-state index in [9.17, 15) is 0 Å². The minimum atomic E-state index is -2.08. The minimum absolute atomic E-state index is 0.170. The first-order valence-corrected chi connectivity index (χ1v) is 21.9. The molecular weight excluding hydrogens is 687 g/mol. The van der Waals surface area contributed by atoms with Crippen molar-refractivity contribution in [3.63, 3.8) is 0 Å². The maximum Gasteiger partial charge on any atom is 0.177 e. The summed E-state index contributed by atoms with van der Waals surface area (Å²) in [6.07, 6.45) is 0. The van der Waals surface area contributed by atoms with Crippen LogP contribution in [0.25, 0.3) is 11.1 Å². The molecule has 0 aromatic heterocycles. The van der Waals surface area contributed by atoms with Gasteiger partial charge in [0.1, 0.15) is 13.8 Å². The van der Waals surface area contributed by atoms with E-state index in [1.807, 2.05) is 48.2 Å². The van der Waals surface area contributed by atoms with Gasteiger partial charge in [-0.25, -0.2) is 0 Å². The number of benzene rings is 7. The van der Waals surface area contributed by atoms with Crippen LogP contribution in [0.1, 0.15) is 25.0 Å². The van der Waals surface area contributed by atoms with E-state index in [2.05, 4.69) is 147 Å². The molecule has 0 radical (unpaired) electrons. The Labute approximate surface area is 315 Å². The van der Waals surface area contributed by atoms with Crippen molar-refractivity contribution in [3.8, 4) is 45.6 Å².